The molecule has 0 unspecified atom stereocenters. The van der Waals surface area contributed by atoms with Gasteiger partial charge in [-0.1, -0.05) is 0 Å². The van der Waals surface area contributed by atoms with Gasteiger partial charge in [-0.2, -0.15) is 12.6 Å². The van der Waals surface area contributed by atoms with E-state index in [2.05, 4.69) is 27.6 Å². The molecule has 0 bridgehead atoms. The van der Waals surface area contributed by atoms with Gasteiger partial charge in [-0.3, -0.25) is 9.97 Å². The van der Waals surface area contributed by atoms with E-state index in [1.54, 1.807) is 29.9 Å². The van der Waals surface area contributed by atoms with Crippen LogP contribution in [0.4, 0.5) is 0 Å². The zero-order valence-corrected chi connectivity index (χ0v) is 8.42. The van der Waals surface area contributed by atoms with Crippen molar-refractivity contribution in [3.05, 3.63) is 29.7 Å². The average Bonchev–Trinajstić information content (AvgIpc) is 2.67. The van der Waals surface area contributed by atoms with Crippen LogP contribution in [0.1, 0.15) is 4.88 Å². The number of thiol groups is 1. The van der Waals surface area contributed by atoms with Crippen molar-refractivity contribution in [2.45, 2.75) is 5.75 Å². The monoisotopic (exact) mass is 209 g/mol. The quantitative estimate of drug-likeness (QED) is 0.769. The molecule has 0 atom stereocenters. The first-order valence-corrected chi connectivity index (χ1v) is 5.17. The first-order valence-electron chi connectivity index (χ1n) is 3.72. The fourth-order valence-electron chi connectivity index (χ4n) is 0.909. The zero-order valence-electron chi connectivity index (χ0n) is 6.71. The first-order chi connectivity index (χ1) is 6.40. The molecule has 66 valence electrons. The van der Waals surface area contributed by atoms with E-state index in [4.69, 9.17) is 0 Å². The van der Waals surface area contributed by atoms with E-state index in [0.29, 0.717) is 0 Å². The fraction of sp³-hybridized carbons (Fsp3) is 0.125. The predicted octanol–water partition coefficient (Wildman–Crippen LogP) is 2.03. The zero-order chi connectivity index (χ0) is 9.10. The Kier molecular flexibility index (Phi) is 2.56. The molecule has 2 heterocycles. The largest absolute Gasteiger partial charge is 0.261 e. The molecule has 0 aromatic carbocycles. The lowest BCUT2D eigenvalue weighted by molar-refractivity contribution is 1.19. The molecule has 0 radical (unpaired) electrons. The first kappa shape index (κ1) is 8.65. The van der Waals surface area contributed by atoms with Crippen molar-refractivity contribution in [1.82, 2.24) is 15.0 Å². The van der Waals surface area contributed by atoms with Gasteiger partial charge in [-0.15, -0.1) is 11.3 Å². The van der Waals surface area contributed by atoms with E-state index in [1.807, 2.05) is 6.20 Å². The van der Waals surface area contributed by atoms with Gasteiger partial charge in [0.2, 0.25) is 0 Å². The molecule has 0 saturated heterocycles. The summed E-state index contributed by atoms with van der Waals surface area (Å²) in [6.07, 6.45) is 6.84. The van der Waals surface area contributed by atoms with Crippen LogP contribution in [0.25, 0.3) is 10.7 Å². The van der Waals surface area contributed by atoms with Gasteiger partial charge in [0.1, 0.15) is 10.7 Å². The molecule has 0 aliphatic heterocycles. The second-order valence-corrected chi connectivity index (χ2v) is 3.81. The lowest BCUT2D eigenvalue weighted by Gasteiger charge is -1.90. The summed E-state index contributed by atoms with van der Waals surface area (Å²) in [5, 5.41) is 0.900. The van der Waals surface area contributed by atoms with Crippen LogP contribution in [0.3, 0.4) is 0 Å². The fourth-order valence-corrected chi connectivity index (χ4v) is 1.92. The molecule has 3 nitrogen and oxygen atoms in total. The average molecular weight is 209 g/mol. The minimum Gasteiger partial charge on any atom is -0.261 e. The molecular formula is C8H7N3S2. The Morgan fingerprint density at radius 1 is 1.23 bits per heavy atom. The SMILES string of the molecule is SCc1cnc(-c2cnccn2)s1. The summed E-state index contributed by atoms with van der Waals surface area (Å²) in [7, 11) is 0. The molecular weight excluding hydrogens is 202 g/mol. The second-order valence-electron chi connectivity index (χ2n) is 2.38. The Bertz CT molecular complexity index is 385. The number of nitrogens with zero attached hydrogens (tertiary/aromatic N) is 3. The van der Waals surface area contributed by atoms with Gasteiger partial charge < -0.3 is 0 Å². The Morgan fingerprint density at radius 2 is 2.15 bits per heavy atom. The highest BCUT2D eigenvalue weighted by Gasteiger charge is 2.03. The van der Waals surface area contributed by atoms with Crippen LogP contribution in [0.2, 0.25) is 0 Å². The molecule has 2 aromatic heterocycles. The highest BCUT2D eigenvalue weighted by Crippen LogP contribution is 2.23. The van der Waals surface area contributed by atoms with Crippen molar-refractivity contribution < 1.29 is 0 Å². The molecule has 0 fully saturated rings. The van der Waals surface area contributed by atoms with Crippen molar-refractivity contribution in [1.29, 1.82) is 0 Å². The highest BCUT2D eigenvalue weighted by atomic mass is 32.1. The van der Waals surface area contributed by atoms with E-state index < -0.39 is 0 Å². The molecule has 2 rings (SSSR count). The maximum absolute atomic E-state index is 4.22. The molecule has 0 saturated carbocycles. The van der Waals surface area contributed by atoms with Gasteiger partial charge >= 0.3 is 0 Å². The topological polar surface area (TPSA) is 38.7 Å². The number of hydrogen-bond acceptors (Lipinski definition) is 5. The molecule has 0 N–H and O–H groups in total. The maximum Gasteiger partial charge on any atom is 0.143 e. The minimum atomic E-state index is 0.720. The maximum atomic E-state index is 4.22. The summed E-state index contributed by atoms with van der Waals surface area (Å²) in [4.78, 5) is 13.5. The minimum absolute atomic E-state index is 0.720. The van der Waals surface area contributed by atoms with Crippen molar-refractivity contribution in [3.8, 4) is 10.7 Å². The van der Waals surface area contributed by atoms with Crippen molar-refractivity contribution in [3.63, 3.8) is 0 Å². The summed E-state index contributed by atoms with van der Waals surface area (Å²) in [5.74, 6) is 0.720. The van der Waals surface area contributed by atoms with Gasteiger partial charge in [0, 0.05) is 29.2 Å². The molecule has 2 aromatic rings. The third-order valence-electron chi connectivity index (χ3n) is 1.49. The normalized spacial score (nSPS) is 10.2. The molecule has 0 aliphatic rings. The summed E-state index contributed by atoms with van der Waals surface area (Å²) in [5.41, 5.74) is 0.820. The Hall–Kier alpha value is -0.940. The Balaban J connectivity index is 2.36. The van der Waals surface area contributed by atoms with Crippen LogP contribution in [0, 0.1) is 0 Å². The van der Waals surface area contributed by atoms with Crippen molar-refractivity contribution in [2.24, 2.45) is 0 Å². The van der Waals surface area contributed by atoms with Gasteiger partial charge in [-0.25, -0.2) is 4.98 Å². The number of rotatable bonds is 2. The van der Waals surface area contributed by atoms with Gasteiger partial charge in [0.15, 0.2) is 0 Å². The van der Waals surface area contributed by atoms with Crippen LogP contribution < -0.4 is 0 Å². The standard InChI is InChI=1S/C8H7N3S2/c12-5-6-3-11-8(13-6)7-4-9-1-2-10-7/h1-4,12H,5H2. The third-order valence-corrected chi connectivity index (χ3v) is 3.07. The lowest BCUT2D eigenvalue weighted by Crippen LogP contribution is -1.81. The van der Waals surface area contributed by atoms with Crippen molar-refractivity contribution in [2.75, 3.05) is 0 Å². The van der Waals surface area contributed by atoms with Crippen molar-refractivity contribution >= 4 is 24.0 Å². The molecule has 0 spiro atoms. The van der Waals surface area contributed by atoms with Gasteiger partial charge in [0.05, 0.1) is 6.20 Å². The molecule has 0 amide bonds. The molecule has 13 heavy (non-hydrogen) atoms. The van der Waals surface area contributed by atoms with E-state index in [9.17, 15) is 0 Å². The van der Waals surface area contributed by atoms with Crippen LogP contribution in [-0.4, -0.2) is 15.0 Å². The number of aromatic nitrogens is 3. The third kappa shape index (κ3) is 1.87. The van der Waals surface area contributed by atoms with Crippen LogP contribution in [-0.2, 0) is 5.75 Å². The van der Waals surface area contributed by atoms with E-state index in [-0.39, 0.29) is 0 Å². The number of thiazole rings is 1. The number of hydrogen-bond donors (Lipinski definition) is 1. The van der Waals surface area contributed by atoms with Gasteiger partial charge in [-0.05, 0) is 0 Å². The van der Waals surface area contributed by atoms with Crippen LogP contribution in [0.5, 0.6) is 0 Å². The summed E-state index contributed by atoms with van der Waals surface area (Å²) in [6.45, 7) is 0. The van der Waals surface area contributed by atoms with Crippen LogP contribution in [0.15, 0.2) is 24.8 Å². The Morgan fingerprint density at radius 3 is 2.77 bits per heavy atom. The Labute approximate surface area is 85.3 Å². The van der Waals surface area contributed by atoms with E-state index in [0.717, 1.165) is 21.3 Å². The van der Waals surface area contributed by atoms with E-state index in [1.165, 1.54) is 0 Å². The molecule has 0 aliphatic carbocycles. The highest BCUT2D eigenvalue weighted by molar-refractivity contribution is 7.79. The summed E-state index contributed by atoms with van der Waals surface area (Å²) in [6, 6.07) is 0. The lowest BCUT2D eigenvalue weighted by atomic mass is 10.5. The van der Waals surface area contributed by atoms with E-state index >= 15 is 0 Å². The molecule has 5 heteroatoms. The van der Waals surface area contributed by atoms with Crippen LogP contribution >= 0.6 is 24.0 Å². The smallest absolute Gasteiger partial charge is 0.143 e. The van der Waals surface area contributed by atoms with Gasteiger partial charge in [0.25, 0.3) is 0 Å². The second kappa shape index (κ2) is 3.85. The summed E-state index contributed by atoms with van der Waals surface area (Å²) >= 11 is 5.77. The predicted molar refractivity (Wildman–Crippen MR) is 55.8 cm³/mol. The summed E-state index contributed by atoms with van der Waals surface area (Å²) < 4.78 is 0.